The van der Waals surface area contributed by atoms with E-state index in [0.29, 0.717) is 0 Å². The van der Waals surface area contributed by atoms with E-state index in [1.54, 1.807) is 0 Å². The predicted molar refractivity (Wildman–Crippen MR) is 136 cm³/mol. The average molecular weight is 449 g/mol. The summed E-state index contributed by atoms with van der Waals surface area (Å²) in [5.74, 6) is 1.83. The minimum absolute atomic E-state index is 0.143. The van der Waals surface area contributed by atoms with Crippen LogP contribution < -0.4 is 9.47 Å². The van der Waals surface area contributed by atoms with E-state index in [1.807, 2.05) is 18.2 Å². The van der Waals surface area contributed by atoms with Gasteiger partial charge in [0.25, 0.3) is 0 Å². The van der Waals surface area contributed by atoms with Gasteiger partial charge in [0.05, 0.1) is 18.4 Å². The maximum Gasteiger partial charge on any atom is 0.213 e. The van der Waals surface area contributed by atoms with Gasteiger partial charge in [-0.25, -0.2) is 5.01 Å². The van der Waals surface area contributed by atoms with Gasteiger partial charge in [-0.05, 0) is 47.5 Å². The summed E-state index contributed by atoms with van der Waals surface area (Å²) in [6, 6.07) is 31.8. The molecule has 0 aliphatic carbocycles. The van der Waals surface area contributed by atoms with E-state index in [0.717, 1.165) is 48.6 Å². The van der Waals surface area contributed by atoms with Crippen LogP contribution in [0.5, 0.6) is 11.5 Å². The normalized spacial score (nSPS) is 18.7. The summed E-state index contributed by atoms with van der Waals surface area (Å²) >= 11 is 0. The van der Waals surface area contributed by atoms with E-state index in [4.69, 9.17) is 14.6 Å². The van der Waals surface area contributed by atoms with Crippen LogP contribution in [0.25, 0.3) is 10.8 Å². The number of ether oxygens (including phenoxy) is 2. The van der Waals surface area contributed by atoms with Crippen LogP contribution in [-0.2, 0) is 0 Å². The van der Waals surface area contributed by atoms with Crippen molar-refractivity contribution in [1.82, 2.24) is 5.01 Å². The molecule has 0 radical (unpaired) electrons. The van der Waals surface area contributed by atoms with Crippen molar-refractivity contribution < 1.29 is 9.47 Å². The number of fused-ring (bicyclic) bond motifs is 4. The topological polar surface area (TPSA) is 34.1 Å². The summed E-state index contributed by atoms with van der Waals surface area (Å²) in [7, 11) is 0. The van der Waals surface area contributed by atoms with Gasteiger partial charge in [-0.15, -0.1) is 0 Å². The highest BCUT2D eigenvalue weighted by Crippen LogP contribution is 2.47. The van der Waals surface area contributed by atoms with Crippen molar-refractivity contribution in [2.75, 3.05) is 6.61 Å². The summed E-state index contributed by atoms with van der Waals surface area (Å²) in [4.78, 5) is 0. The molecule has 4 aromatic rings. The van der Waals surface area contributed by atoms with Crippen LogP contribution in [0.2, 0.25) is 0 Å². The highest BCUT2D eigenvalue weighted by Gasteiger charge is 2.41. The molecule has 0 saturated heterocycles. The van der Waals surface area contributed by atoms with Gasteiger partial charge in [0.1, 0.15) is 11.5 Å². The van der Waals surface area contributed by atoms with Crippen molar-refractivity contribution >= 4 is 16.5 Å². The van der Waals surface area contributed by atoms with Gasteiger partial charge in [0.15, 0.2) is 0 Å². The first kappa shape index (κ1) is 20.8. The van der Waals surface area contributed by atoms with Crippen LogP contribution in [0, 0.1) is 0 Å². The Morgan fingerprint density at radius 1 is 0.912 bits per heavy atom. The highest BCUT2D eigenvalue weighted by molar-refractivity contribution is 6.11. The lowest BCUT2D eigenvalue weighted by Gasteiger charge is -2.38. The Labute approximate surface area is 200 Å². The summed E-state index contributed by atoms with van der Waals surface area (Å²) in [6.07, 6.45) is 2.76. The van der Waals surface area contributed by atoms with E-state index in [-0.39, 0.29) is 12.3 Å². The Morgan fingerprint density at radius 3 is 2.59 bits per heavy atom. The van der Waals surface area contributed by atoms with Crippen molar-refractivity contribution in [3.63, 3.8) is 0 Å². The Hall–Kier alpha value is -3.79. The second-order valence-corrected chi connectivity index (χ2v) is 8.95. The van der Waals surface area contributed by atoms with E-state index in [9.17, 15) is 0 Å². The van der Waals surface area contributed by atoms with Crippen LogP contribution in [-0.4, -0.2) is 17.3 Å². The Kier molecular flexibility index (Phi) is 5.42. The first-order valence-corrected chi connectivity index (χ1v) is 12.1. The molecule has 170 valence electrons. The maximum atomic E-state index is 6.52. The summed E-state index contributed by atoms with van der Waals surface area (Å²) in [6.45, 7) is 2.92. The van der Waals surface area contributed by atoms with Crippen LogP contribution in [0.3, 0.4) is 0 Å². The molecule has 0 amide bonds. The van der Waals surface area contributed by atoms with E-state index in [1.165, 1.54) is 21.9 Å². The third kappa shape index (κ3) is 3.69. The first-order chi connectivity index (χ1) is 16.8. The molecule has 34 heavy (non-hydrogen) atoms. The zero-order chi connectivity index (χ0) is 22.9. The fraction of sp³-hybridized carbons (Fsp3) is 0.233. The molecule has 0 N–H and O–H groups in total. The second-order valence-electron chi connectivity index (χ2n) is 8.95. The van der Waals surface area contributed by atoms with Crippen molar-refractivity contribution in [2.24, 2.45) is 5.10 Å². The molecule has 2 aliphatic rings. The number of hydrazone groups is 1. The van der Waals surface area contributed by atoms with Gasteiger partial charge in [0, 0.05) is 23.1 Å². The quantitative estimate of drug-likeness (QED) is 0.291. The lowest BCUT2D eigenvalue weighted by Crippen LogP contribution is -2.33. The lowest BCUT2D eigenvalue weighted by molar-refractivity contribution is -0.0190. The fourth-order valence-electron chi connectivity index (χ4n) is 4.96. The maximum absolute atomic E-state index is 6.52. The Bertz CT molecular complexity index is 1340. The van der Waals surface area contributed by atoms with E-state index < -0.39 is 0 Å². The number of rotatable bonds is 6. The van der Waals surface area contributed by atoms with Gasteiger partial charge >= 0.3 is 0 Å². The minimum Gasteiger partial charge on any atom is -0.494 e. The number of hydrogen-bond acceptors (Lipinski definition) is 4. The predicted octanol–water partition coefficient (Wildman–Crippen LogP) is 7.26. The number of unbranched alkanes of at least 4 members (excludes halogenated alkanes) is 1. The molecule has 4 heteroatoms. The van der Waals surface area contributed by atoms with Crippen molar-refractivity contribution in [3.05, 3.63) is 108 Å². The summed E-state index contributed by atoms with van der Waals surface area (Å²) in [5.41, 5.74) is 4.57. The molecule has 0 fully saturated rings. The van der Waals surface area contributed by atoms with Crippen LogP contribution in [0.4, 0.5) is 0 Å². The fourth-order valence-corrected chi connectivity index (χ4v) is 4.96. The van der Waals surface area contributed by atoms with Crippen molar-refractivity contribution in [2.45, 2.75) is 38.5 Å². The molecule has 4 nitrogen and oxygen atoms in total. The van der Waals surface area contributed by atoms with E-state index >= 15 is 0 Å². The molecule has 0 spiro atoms. The van der Waals surface area contributed by atoms with Gasteiger partial charge in [-0.2, -0.15) is 5.10 Å². The Balaban J connectivity index is 1.37. The highest BCUT2D eigenvalue weighted by atomic mass is 16.5. The van der Waals surface area contributed by atoms with Crippen LogP contribution in [0.15, 0.2) is 96.1 Å². The number of nitrogens with zero attached hydrogens (tertiary/aromatic N) is 2. The molecule has 0 aromatic heterocycles. The third-order valence-corrected chi connectivity index (χ3v) is 6.73. The van der Waals surface area contributed by atoms with E-state index in [2.05, 4.69) is 84.7 Å². The molecule has 6 rings (SSSR count). The molecule has 0 bridgehead atoms. The van der Waals surface area contributed by atoms with Crippen molar-refractivity contribution in [3.8, 4) is 11.5 Å². The minimum atomic E-state index is -0.280. The van der Waals surface area contributed by atoms with Crippen LogP contribution >= 0.6 is 0 Å². The van der Waals surface area contributed by atoms with Gasteiger partial charge in [-0.3, -0.25) is 0 Å². The molecular formula is C30H28N2O2. The third-order valence-electron chi connectivity index (χ3n) is 6.73. The average Bonchev–Trinajstić information content (AvgIpc) is 3.34. The zero-order valence-corrected chi connectivity index (χ0v) is 19.4. The number of hydrogen-bond donors (Lipinski definition) is 0. The summed E-state index contributed by atoms with van der Waals surface area (Å²) < 4.78 is 12.4. The first-order valence-electron chi connectivity index (χ1n) is 12.1. The SMILES string of the molecule is CCCCOc1ccc([C@@H]2Oc3ccccc3[C@H]3CC(c4cccc5ccccc45)=NN32)cc1. The molecule has 0 unspecified atom stereocenters. The molecule has 2 heterocycles. The number of benzene rings is 4. The Morgan fingerprint density at radius 2 is 1.71 bits per heavy atom. The van der Waals surface area contributed by atoms with Gasteiger partial charge in [0.2, 0.25) is 6.23 Å². The molecule has 2 aliphatic heterocycles. The number of para-hydroxylation sites is 1. The van der Waals surface area contributed by atoms with Crippen molar-refractivity contribution in [1.29, 1.82) is 0 Å². The standard InChI is InChI=1S/C30H28N2O2/c1-2-3-19-33-23-17-15-22(16-18-23)30-32-28(26-12-6-7-14-29(26)34-30)20-27(31-32)25-13-8-10-21-9-4-5-11-24(21)25/h4-18,28,30H,2-3,19-20H2,1H3/t28-,30+/m1/s1. The lowest BCUT2D eigenvalue weighted by atomic mass is 9.93. The zero-order valence-electron chi connectivity index (χ0n) is 19.4. The summed E-state index contributed by atoms with van der Waals surface area (Å²) in [5, 5.41) is 9.78. The smallest absolute Gasteiger partial charge is 0.213 e. The monoisotopic (exact) mass is 448 g/mol. The molecule has 0 saturated carbocycles. The van der Waals surface area contributed by atoms with Gasteiger partial charge < -0.3 is 9.47 Å². The largest absolute Gasteiger partial charge is 0.494 e. The van der Waals surface area contributed by atoms with Crippen LogP contribution in [0.1, 0.15) is 55.1 Å². The molecule has 4 aromatic carbocycles. The van der Waals surface area contributed by atoms with Gasteiger partial charge in [-0.1, -0.05) is 74.0 Å². The molecular weight excluding hydrogens is 420 g/mol. The second kappa shape index (κ2) is 8.86. The molecule has 2 atom stereocenters.